The van der Waals surface area contributed by atoms with E-state index in [0.29, 0.717) is 0 Å². The summed E-state index contributed by atoms with van der Waals surface area (Å²) in [6.07, 6.45) is -1.34. The minimum Gasteiger partial charge on any atom is -0.547 e. The molecule has 0 heterocycles. The van der Waals surface area contributed by atoms with Crippen molar-refractivity contribution < 1.29 is 24.6 Å². The number of aliphatic hydroxyl groups is 2. The fourth-order valence-electron chi connectivity index (χ4n) is 0.300. The number of aliphatic carboxylic acids is 1. The number of likely N-dealkylation sites (N-methyl/N-ethyl adjacent to an activating group) is 1. The molecule has 80 valence electrons. The van der Waals surface area contributed by atoms with Gasteiger partial charge in [0.05, 0.1) is 39.8 Å². The molecule has 0 aliphatic carbocycles. The normalized spacial score (nSPS) is 12.8. The molecule has 0 amide bonds. The van der Waals surface area contributed by atoms with Crippen molar-refractivity contribution in [3.8, 4) is 0 Å². The molecule has 13 heavy (non-hydrogen) atoms. The van der Waals surface area contributed by atoms with Gasteiger partial charge in [-0.25, -0.2) is 0 Å². The van der Waals surface area contributed by atoms with E-state index in [0.717, 1.165) is 18.0 Å². The maximum Gasteiger partial charge on any atom is 0.101 e. The van der Waals surface area contributed by atoms with Crippen LogP contribution in [0, 0.1) is 0 Å². The van der Waals surface area contributed by atoms with Gasteiger partial charge in [0.25, 0.3) is 0 Å². The number of carboxylic acids is 1. The summed E-state index contributed by atoms with van der Waals surface area (Å²) >= 11 is 0. The molecule has 0 aliphatic heterocycles. The van der Waals surface area contributed by atoms with E-state index in [4.69, 9.17) is 10.2 Å². The molecule has 0 aromatic carbocycles. The van der Waals surface area contributed by atoms with Gasteiger partial charge in [0, 0.05) is 0 Å². The lowest BCUT2D eigenvalue weighted by Crippen LogP contribution is -2.36. The van der Waals surface area contributed by atoms with Crippen molar-refractivity contribution in [2.24, 2.45) is 0 Å². The van der Waals surface area contributed by atoms with Crippen LogP contribution in [0.1, 0.15) is 6.92 Å². The van der Waals surface area contributed by atoms with Gasteiger partial charge in [-0.05, 0) is 6.92 Å². The van der Waals surface area contributed by atoms with E-state index in [1.54, 1.807) is 0 Å². The van der Waals surface area contributed by atoms with Crippen molar-refractivity contribution in [3.05, 3.63) is 0 Å². The van der Waals surface area contributed by atoms with Gasteiger partial charge < -0.3 is 24.6 Å². The Labute approximate surface area is 78.8 Å². The van der Waals surface area contributed by atoms with Crippen LogP contribution < -0.4 is 5.11 Å². The van der Waals surface area contributed by atoms with Crippen molar-refractivity contribution >= 4 is 5.97 Å². The van der Waals surface area contributed by atoms with Gasteiger partial charge in [0.1, 0.15) is 6.54 Å². The number of quaternary nitrogens is 1. The predicted octanol–water partition coefficient (Wildman–Crippen LogP) is -2.20. The van der Waals surface area contributed by atoms with Crippen molar-refractivity contribution in [1.29, 1.82) is 0 Å². The van der Waals surface area contributed by atoms with E-state index in [9.17, 15) is 9.90 Å². The van der Waals surface area contributed by atoms with Crippen LogP contribution >= 0.6 is 0 Å². The van der Waals surface area contributed by atoms with Crippen LogP contribution in [0.25, 0.3) is 0 Å². The molecular weight excluding hydrogens is 174 g/mol. The summed E-state index contributed by atoms with van der Waals surface area (Å²) in [5.41, 5.74) is 0. The second-order valence-electron chi connectivity index (χ2n) is 3.73. The fraction of sp³-hybridized carbons (Fsp3) is 0.875. The summed E-state index contributed by atoms with van der Waals surface area (Å²) in [4.78, 5) is 9.34. The van der Waals surface area contributed by atoms with E-state index in [2.05, 4.69) is 21.1 Å². The highest BCUT2D eigenvalue weighted by Gasteiger charge is 2.02. The van der Waals surface area contributed by atoms with E-state index in [-0.39, 0.29) is 6.61 Å². The zero-order chi connectivity index (χ0) is 11.1. The molecule has 0 aromatic rings. The minimum absolute atomic E-state index is 0.281. The summed E-state index contributed by atoms with van der Waals surface area (Å²) in [5, 5.41) is 25.7. The lowest BCUT2D eigenvalue weighted by Gasteiger charge is -2.21. The monoisotopic (exact) mass is 193 g/mol. The van der Waals surface area contributed by atoms with Gasteiger partial charge in [-0.3, -0.25) is 0 Å². The minimum atomic E-state index is -1.44. The van der Waals surface area contributed by atoms with Crippen LogP contribution in [0.4, 0.5) is 0 Å². The molecule has 0 unspecified atom stereocenters. The van der Waals surface area contributed by atoms with Gasteiger partial charge in [-0.15, -0.1) is 0 Å². The van der Waals surface area contributed by atoms with Gasteiger partial charge in [-0.2, -0.15) is 0 Å². The average molecular weight is 193 g/mol. The summed E-state index contributed by atoms with van der Waals surface area (Å²) in [6, 6.07) is 0. The van der Waals surface area contributed by atoms with Crippen molar-refractivity contribution in [2.45, 2.75) is 13.0 Å². The first-order chi connectivity index (χ1) is 5.70. The highest BCUT2D eigenvalue weighted by atomic mass is 16.4. The summed E-state index contributed by atoms with van der Waals surface area (Å²) < 4.78 is 0.844. The molecule has 0 aromatic heterocycles. The Bertz CT molecular complexity index is 140. The number of hydrogen-bond acceptors (Lipinski definition) is 4. The fourth-order valence-corrected chi connectivity index (χ4v) is 0.300. The van der Waals surface area contributed by atoms with Crippen LogP contribution in [-0.4, -0.2) is 61.1 Å². The first kappa shape index (κ1) is 14.9. The molecule has 1 atom stereocenters. The molecule has 5 nitrogen and oxygen atoms in total. The topological polar surface area (TPSA) is 80.6 Å². The van der Waals surface area contributed by atoms with Crippen LogP contribution in [0.2, 0.25) is 0 Å². The van der Waals surface area contributed by atoms with E-state index in [1.807, 2.05) is 0 Å². The average Bonchev–Trinajstić information content (AvgIpc) is 1.85. The van der Waals surface area contributed by atoms with Crippen LogP contribution in [0.5, 0.6) is 0 Å². The number of hydrogen-bond donors (Lipinski definition) is 2. The standard InChI is InChI=1S/C5H14NO.C3H6O3/c1-6(2,3)4-5-7;1-2(4)3(5)6/h7H,4-5H2,1-3H3;2,4H,1H3,(H,5,6)/q+1;/p-1/t;2-/m.0/s1. The maximum atomic E-state index is 9.34. The Balaban J connectivity index is 0. The highest BCUT2D eigenvalue weighted by Crippen LogP contribution is 1.84. The van der Waals surface area contributed by atoms with Gasteiger partial charge in [-0.1, -0.05) is 0 Å². The second-order valence-corrected chi connectivity index (χ2v) is 3.73. The molecule has 0 bridgehead atoms. The molecular formula is C8H19NO4. The third kappa shape index (κ3) is 18.4. The third-order valence-corrected chi connectivity index (χ3v) is 1.11. The predicted molar refractivity (Wildman–Crippen MR) is 46.7 cm³/mol. The van der Waals surface area contributed by atoms with Crippen LogP contribution in [0.3, 0.4) is 0 Å². The van der Waals surface area contributed by atoms with E-state index in [1.165, 1.54) is 0 Å². The zero-order valence-corrected chi connectivity index (χ0v) is 8.65. The SMILES string of the molecule is C[C@H](O)C(=O)[O-].C[N+](C)(C)CCO. The van der Waals surface area contributed by atoms with Gasteiger partial charge >= 0.3 is 0 Å². The third-order valence-electron chi connectivity index (χ3n) is 1.11. The molecule has 0 saturated carbocycles. The second kappa shape index (κ2) is 6.82. The Hall–Kier alpha value is -0.650. The van der Waals surface area contributed by atoms with Gasteiger partial charge in [0.15, 0.2) is 0 Å². The maximum absolute atomic E-state index is 9.34. The Morgan fingerprint density at radius 1 is 1.46 bits per heavy atom. The Morgan fingerprint density at radius 3 is 1.77 bits per heavy atom. The number of rotatable bonds is 3. The van der Waals surface area contributed by atoms with Crippen LogP contribution in [-0.2, 0) is 4.79 Å². The van der Waals surface area contributed by atoms with Crippen molar-refractivity contribution in [2.75, 3.05) is 34.3 Å². The zero-order valence-electron chi connectivity index (χ0n) is 8.65. The largest absolute Gasteiger partial charge is 0.547 e. The van der Waals surface area contributed by atoms with E-state index >= 15 is 0 Å². The number of carbonyl (C=O) groups excluding carboxylic acids is 1. The van der Waals surface area contributed by atoms with Crippen molar-refractivity contribution in [1.82, 2.24) is 0 Å². The lowest BCUT2D eigenvalue weighted by atomic mass is 10.4. The first-order valence-electron chi connectivity index (χ1n) is 4.01. The summed E-state index contributed by atoms with van der Waals surface area (Å²) in [5.74, 6) is -1.44. The van der Waals surface area contributed by atoms with Gasteiger partial charge in [0.2, 0.25) is 0 Å². The van der Waals surface area contributed by atoms with Crippen molar-refractivity contribution in [3.63, 3.8) is 0 Å². The number of nitrogens with zero attached hydrogens (tertiary/aromatic N) is 1. The lowest BCUT2D eigenvalue weighted by molar-refractivity contribution is -0.870. The molecule has 5 heteroatoms. The highest BCUT2D eigenvalue weighted by molar-refractivity contribution is 5.68. The summed E-state index contributed by atoms with van der Waals surface area (Å²) in [6.45, 7) is 2.25. The molecule has 0 spiro atoms. The first-order valence-corrected chi connectivity index (χ1v) is 4.01. The molecule has 0 saturated heterocycles. The number of carbonyl (C=O) groups is 1. The molecule has 0 aliphatic rings. The van der Waals surface area contributed by atoms with Crippen LogP contribution in [0.15, 0.2) is 0 Å². The number of aliphatic hydroxyl groups excluding tert-OH is 2. The quantitative estimate of drug-likeness (QED) is 0.499. The molecule has 0 radical (unpaired) electrons. The Morgan fingerprint density at radius 2 is 1.77 bits per heavy atom. The number of carboxylic acid groups (broad SMARTS) is 1. The smallest absolute Gasteiger partial charge is 0.101 e. The van der Waals surface area contributed by atoms with E-state index < -0.39 is 12.1 Å². The summed E-state index contributed by atoms with van der Waals surface area (Å²) in [7, 11) is 6.16. The molecule has 2 N–H and O–H groups in total. The molecule has 0 rings (SSSR count). The molecule has 0 fully saturated rings. The Kier molecular flexibility index (Phi) is 7.79.